The maximum atomic E-state index is 12.6. The van der Waals surface area contributed by atoms with Crippen molar-refractivity contribution in [3.8, 4) is 0 Å². The summed E-state index contributed by atoms with van der Waals surface area (Å²) in [6.45, 7) is 6.54. The number of rotatable bonds is 7. The molecule has 168 valence electrons. The number of piperazine rings is 1. The fourth-order valence-corrected chi connectivity index (χ4v) is 3.55. The van der Waals surface area contributed by atoms with E-state index in [4.69, 9.17) is 4.74 Å². The number of ether oxygens (including phenoxy) is 1. The summed E-state index contributed by atoms with van der Waals surface area (Å²) in [5.74, 6) is -0.901. The lowest BCUT2D eigenvalue weighted by Crippen LogP contribution is -2.46. The highest BCUT2D eigenvalue weighted by Gasteiger charge is 2.20. The molecule has 1 aliphatic heterocycles. The number of amides is 1. The Balaban J connectivity index is 1.81. The van der Waals surface area contributed by atoms with E-state index < -0.39 is 16.8 Å². The van der Waals surface area contributed by atoms with Crippen LogP contribution in [-0.4, -0.2) is 61.5 Å². The number of anilines is 2. The van der Waals surface area contributed by atoms with Crippen LogP contribution in [0.5, 0.6) is 0 Å². The van der Waals surface area contributed by atoms with E-state index in [2.05, 4.69) is 22.0 Å². The van der Waals surface area contributed by atoms with Crippen molar-refractivity contribution in [1.29, 1.82) is 0 Å². The number of nitrogens with zero attached hydrogens (tertiary/aromatic N) is 3. The molecule has 2 aromatic carbocycles. The molecule has 1 fully saturated rings. The van der Waals surface area contributed by atoms with Crippen LogP contribution in [0, 0.1) is 10.1 Å². The first kappa shape index (κ1) is 23.0. The number of carbonyl (C=O) groups excluding carboxylic acids is 2. The number of non-ortho nitro benzene ring substituents is 1. The van der Waals surface area contributed by atoms with E-state index in [1.54, 1.807) is 24.3 Å². The van der Waals surface area contributed by atoms with Crippen LogP contribution in [0.4, 0.5) is 17.1 Å². The van der Waals surface area contributed by atoms with Gasteiger partial charge in [0.1, 0.15) is 0 Å². The van der Waals surface area contributed by atoms with Gasteiger partial charge in [-0.05, 0) is 36.4 Å². The third kappa shape index (κ3) is 5.70. The summed E-state index contributed by atoms with van der Waals surface area (Å²) in [6.07, 6.45) is 2.81. The Morgan fingerprint density at radius 1 is 1.16 bits per heavy atom. The van der Waals surface area contributed by atoms with Gasteiger partial charge in [0.2, 0.25) is 5.91 Å². The first-order valence-electron chi connectivity index (χ1n) is 10.3. The normalized spacial score (nSPS) is 14.4. The predicted octanol–water partition coefficient (Wildman–Crippen LogP) is 3.18. The number of hydrogen-bond acceptors (Lipinski definition) is 7. The number of hydrogen-bond donors (Lipinski definition) is 1. The van der Waals surface area contributed by atoms with Gasteiger partial charge in [-0.1, -0.05) is 19.1 Å². The van der Waals surface area contributed by atoms with E-state index in [9.17, 15) is 19.7 Å². The third-order valence-electron chi connectivity index (χ3n) is 5.34. The van der Waals surface area contributed by atoms with Gasteiger partial charge < -0.3 is 19.9 Å². The van der Waals surface area contributed by atoms with E-state index in [1.165, 1.54) is 31.4 Å². The largest absolute Gasteiger partial charge is 0.465 e. The molecule has 2 aromatic rings. The number of carbonyl (C=O) groups is 2. The standard InChI is InChI=1S/C23H26N4O5/c1-3-25-11-13-26(14-12-25)21-9-8-18(23(29)32-2)16-20(21)24-22(28)10-7-17-5-4-6-19(15-17)27(30)31/h4-10,15-16H,3,11-14H2,1-2H3,(H,24,28)/b10-7+. The summed E-state index contributed by atoms with van der Waals surface area (Å²) < 4.78 is 4.81. The molecule has 1 aliphatic rings. The Morgan fingerprint density at radius 3 is 2.56 bits per heavy atom. The second-order valence-corrected chi connectivity index (χ2v) is 7.32. The lowest BCUT2D eigenvalue weighted by atomic mass is 10.1. The lowest BCUT2D eigenvalue weighted by molar-refractivity contribution is -0.384. The van der Waals surface area contributed by atoms with E-state index in [0.717, 1.165) is 38.4 Å². The van der Waals surface area contributed by atoms with Crippen LogP contribution < -0.4 is 10.2 Å². The molecule has 0 bridgehead atoms. The Bertz CT molecular complexity index is 1030. The zero-order chi connectivity index (χ0) is 23.1. The summed E-state index contributed by atoms with van der Waals surface area (Å²) >= 11 is 0. The van der Waals surface area contributed by atoms with Gasteiger partial charge >= 0.3 is 5.97 Å². The number of esters is 1. The van der Waals surface area contributed by atoms with Gasteiger partial charge in [0.25, 0.3) is 5.69 Å². The number of nitrogens with one attached hydrogen (secondary N) is 1. The van der Waals surface area contributed by atoms with E-state index in [-0.39, 0.29) is 5.69 Å². The van der Waals surface area contributed by atoms with Gasteiger partial charge in [0.15, 0.2) is 0 Å². The minimum Gasteiger partial charge on any atom is -0.465 e. The number of benzene rings is 2. The zero-order valence-electron chi connectivity index (χ0n) is 18.1. The first-order valence-corrected chi connectivity index (χ1v) is 10.3. The molecule has 0 atom stereocenters. The molecule has 1 heterocycles. The summed E-state index contributed by atoms with van der Waals surface area (Å²) in [5, 5.41) is 13.8. The highest BCUT2D eigenvalue weighted by Crippen LogP contribution is 2.29. The molecule has 32 heavy (non-hydrogen) atoms. The maximum Gasteiger partial charge on any atom is 0.337 e. The Kier molecular flexibility index (Phi) is 7.56. The molecule has 0 radical (unpaired) electrons. The van der Waals surface area contributed by atoms with E-state index in [1.807, 2.05) is 6.07 Å². The van der Waals surface area contributed by atoms with Crippen molar-refractivity contribution in [2.24, 2.45) is 0 Å². The second-order valence-electron chi connectivity index (χ2n) is 7.32. The van der Waals surface area contributed by atoms with Crippen molar-refractivity contribution in [3.63, 3.8) is 0 Å². The molecular formula is C23H26N4O5. The molecule has 0 unspecified atom stereocenters. The average Bonchev–Trinajstić information content (AvgIpc) is 2.82. The summed E-state index contributed by atoms with van der Waals surface area (Å²) in [6, 6.07) is 11.1. The summed E-state index contributed by atoms with van der Waals surface area (Å²) in [7, 11) is 1.31. The number of nitro groups is 1. The van der Waals surface area contributed by atoms with Gasteiger partial charge in [0, 0.05) is 44.4 Å². The molecule has 0 spiro atoms. The van der Waals surface area contributed by atoms with Crippen LogP contribution in [0.25, 0.3) is 6.08 Å². The molecular weight excluding hydrogens is 412 g/mol. The average molecular weight is 438 g/mol. The van der Waals surface area contributed by atoms with Crippen molar-refractivity contribution < 1.29 is 19.2 Å². The number of methoxy groups -OCH3 is 1. The highest BCUT2D eigenvalue weighted by atomic mass is 16.6. The van der Waals surface area contributed by atoms with Crippen LogP contribution in [0.2, 0.25) is 0 Å². The fourth-order valence-electron chi connectivity index (χ4n) is 3.55. The monoisotopic (exact) mass is 438 g/mol. The van der Waals surface area contributed by atoms with Crippen molar-refractivity contribution in [2.45, 2.75) is 6.92 Å². The minimum absolute atomic E-state index is 0.0492. The molecule has 9 nitrogen and oxygen atoms in total. The molecule has 0 aliphatic carbocycles. The summed E-state index contributed by atoms with van der Waals surface area (Å²) in [5.41, 5.74) is 2.15. The third-order valence-corrected chi connectivity index (χ3v) is 5.34. The Hall–Kier alpha value is -3.72. The maximum absolute atomic E-state index is 12.6. The van der Waals surface area contributed by atoms with Crippen molar-refractivity contribution in [1.82, 2.24) is 4.90 Å². The predicted molar refractivity (Wildman–Crippen MR) is 123 cm³/mol. The molecule has 1 saturated heterocycles. The topological polar surface area (TPSA) is 105 Å². The molecule has 0 aromatic heterocycles. The van der Waals surface area contributed by atoms with E-state index in [0.29, 0.717) is 16.8 Å². The molecule has 9 heteroatoms. The van der Waals surface area contributed by atoms with Crippen molar-refractivity contribution in [3.05, 3.63) is 69.8 Å². The Labute approximate surface area is 186 Å². The SMILES string of the molecule is CCN1CCN(c2ccc(C(=O)OC)cc2NC(=O)/C=C/c2cccc([N+](=O)[O-])c2)CC1. The minimum atomic E-state index is -0.491. The van der Waals surface area contributed by atoms with Crippen LogP contribution in [0.1, 0.15) is 22.8 Å². The molecule has 1 amide bonds. The molecule has 0 saturated carbocycles. The van der Waals surface area contributed by atoms with Gasteiger partial charge in [-0.15, -0.1) is 0 Å². The van der Waals surface area contributed by atoms with Crippen LogP contribution in [-0.2, 0) is 9.53 Å². The smallest absolute Gasteiger partial charge is 0.337 e. The van der Waals surface area contributed by atoms with Crippen molar-refractivity contribution in [2.75, 3.05) is 50.1 Å². The molecule has 1 N–H and O–H groups in total. The lowest BCUT2D eigenvalue weighted by Gasteiger charge is -2.36. The Morgan fingerprint density at radius 2 is 1.91 bits per heavy atom. The number of nitro benzene ring substituents is 1. The van der Waals surface area contributed by atoms with Gasteiger partial charge in [-0.3, -0.25) is 14.9 Å². The van der Waals surface area contributed by atoms with E-state index >= 15 is 0 Å². The fraction of sp³-hybridized carbons (Fsp3) is 0.304. The second kappa shape index (κ2) is 10.5. The van der Waals surface area contributed by atoms with Crippen molar-refractivity contribution >= 4 is 35.0 Å². The molecule has 3 rings (SSSR count). The summed E-state index contributed by atoms with van der Waals surface area (Å²) in [4.78, 5) is 39.6. The van der Waals surface area contributed by atoms with Crippen LogP contribution >= 0.6 is 0 Å². The van der Waals surface area contributed by atoms with Crippen LogP contribution in [0.15, 0.2) is 48.5 Å². The zero-order valence-corrected chi connectivity index (χ0v) is 18.1. The quantitative estimate of drug-likeness (QED) is 0.306. The van der Waals surface area contributed by atoms with Crippen LogP contribution in [0.3, 0.4) is 0 Å². The van der Waals surface area contributed by atoms with Gasteiger partial charge in [-0.2, -0.15) is 0 Å². The highest BCUT2D eigenvalue weighted by molar-refractivity contribution is 6.05. The van der Waals surface area contributed by atoms with Gasteiger partial charge in [-0.25, -0.2) is 4.79 Å². The first-order chi connectivity index (χ1) is 15.4. The van der Waals surface area contributed by atoms with Gasteiger partial charge in [0.05, 0.1) is 29.0 Å². The number of likely N-dealkylation sites (N-methyl/N-ethyl adjacent to an activating group) is 1.